The Morgan fingerprint density at radius 1 is 1.14 bits per heavy atom. The third-order valence-corrected chi connectivity index (χ3v) is 5.95. The van der Waals surface area contributed by atoms with Crippen LogP contribution in [0.4, 0.5) is 14.5 Å². The molecule has 0 unspecified atom stereocenters. The van der Waals surface area contributed by atoms with E-state index in [0.717, 1.165) is 28.6 Å². The van der Waals surface area contributed by atoms with Crippen LogP contribution in [0.25, 0.3) is 10.9 Å². The van der Waals surface area contributed by atoms with Crippen molar-refractivity contribution in [3.63, 3.8) is 0 Å². The number of nitrogens with one attached hydrogen (secondary N) is 1. The van der Waals surface area contributed by atoms with Gasteiger partial charge in [0.15, 0.2) is 11.6 Å². The van der Waals surface area contributed by atoms with Crippen LogP contribution in [0.2, 0.25) is 0 Å². The van der Waals surface area contributed by atoms with Crippen molar-refractivity contribution in [1.82, 2.24) is 9.88 Å². The highest BCUT2D eigenvalue weighted by atomic mass is 19.2. The van der Waals surface area contributed by atoms with Crippen molar-refractivity contribution < 1.29 is 18.4 Å². The van der Waals surface area contributed by atoms with Gasteiger partial charge in [-0.15, -0.1) is 0 Å². The van der Waals surface area contributed by atoms with E-state index in [1.54, 1.807) is 4.90 Å². The van der Waals surface area contributed by atoms with Crippen LogP contribution in [-0.4, -0.2) is 40.3 Å². The van der Waals surface area contributed by atoms with Crippen LogP contribution < -0.4 is 4.90 Å². The molecule has 2 atom stereocenters. The Bertz CT molecular complexity index is 1130. The maximum Gasteiger partial charge on any atom is 0.250 e. The molecule has 0 radical (unpaired) electrons. The Kier molecular flexibility index (Phi) is 4.12. The molecule has 5 nitrogen and oxygen atoms in total. The van der Waals surface area contributed by atoms with Crippen LogP contribution in [0.5, 0.6) is 0 Å². The van der Waals surface area contributed by atoms with Gasteiger partial charge in [0.25, 0.3) is 0 Å². The molecule has 2 aliphatic rings. The summed E-state index contributed by atoms with van der Waals surface area (Å²) in [4.78, 5) is 31.9. The number of anilines is 1. The zero-order valence-electron chi connectivity index (χ0n) is 15.6. The lowest BCUT2D eigenvalue weighted by molar-refractivity contribution is -0.138. The van der Waals surface area contributed by atoms with Crippen molar-refractivity contribution in [3.05, 3.63) is 65.9 Å². The Morgan fingerprint density at radius 3 is 2.76 bits per heavy atom. The highest BCUT2D eigenvalue weighted by Gasteiger charge is 2.51. The smallest absolute Gasteiger partial charge is 0.250 e. The molecule has 5 rings (SSSR count). The van der Waals surface area contributed by atoms with E-state index in [1.165, 1.54) is 11.0 Å². The van der Waals surface area contributed by atoms with Gasteiger partial charge in [0.1, 0.15) is 6.04 Å². The van der Waals surface area contributed by atoms with Gasteiger partial charge >= 0.3 is 0 Å². The number of hydrogen-bond donors (Lipinski definition) is 1. The number of benzene rings is 2. The number of fused-ring (bicyclic) bond motifs is 3. The molecule has 1 aromatic heterocycles. The largest absolute Gasteiger partial charge is 0.361 e. The van der Waals surface area contributed by atoms with Crippen LogP contribution in [0, 0.1) is 11.6 Å². The second-order valence-electron chi connectivity index (χ2n) is 7.62. The van der Waals surface area contributed by atoms with Crippen molar-refractivity contribution in [2.75, 3.05) is 11.4 Å². The number of aromatic nitrogens is 1. The summed E-state index contributed by atoms with van der Waals surface area (Å²) < 4.78 is 26.8. The van der Waals surface area contributed by atoms with E-state index in [-0.39, 0.29) is 17.9 Å². The summed E-state index contributed by atoms with van der Waals surface area (Å²) in [5.41, 5.74) is 2.45. The van der Waals surface area contributed by atoms with Crippen molar-refractivity contribution in [1.29, 1.82) is 0 Å². The first-order chi connectivity index (χ1) is 14.0. The van der Waals surface area contributed by atoms with Gasteiger partial charge in [0.2, 0.25) is 11.8 Å². The maximum absolute atomic E-state index is 13.6. The SMILES string of the molecule is O=C(CCc1c[nH]c2ccccc12)N1C[C@@H]2C[C@H]1C(=O)N2c1ccc(F)c(F)c1. The summed E-state index contributed by atoms with van der Waals surface area (Å²) in [6.45, 7) is 0.419. The maximum atomic E-state index is 13.6. The third-order valence-electron chi connectivity index (χ3n) is 5.95. The van der Waals surface area contributed by atoms with Gasteiger partial charge in [-0.1, -0.05) is 18.2 Å². The lowest BCUT2D eigenvalue weighted by Crippen LogP contribution is -2.52. The van der Waals surface area contributed by atoms with Crippen LogP contribution >= 0.6 is 0 Å². The van der Waals surface area contributed by atoms with Gasteiger partial charge in [0, 0.05) is 41.8 Å². The number of aryl methyl sites for hydroxylation is 1. The molecular weight excluding hydrogens is 376 g/mol. The molecule has 2 aromatic carbocycles. The van der Waals surface area contributed by atoms with Crippen molar-refractivity contribution >= 4 is 28.4 Å². The normalized spacial score (nSPS) is 20.8. The topological polar surface area (TPSA) is 56.4 Å². The zero-order valence-corrected chi connectivity index (χ0v) is 15.6. The lowest BCUT2D eigenvalue weighted by atomic mass is 10.1. The summed E-state index contributed by atoms with van der Waals surface area (Å²) in [5.74, 6) is -2.21. The summed E-state index contributed by atoms with van der Waals surface area (Å²) in [6.07, 6.45) is 3.36. The van der Waals surface area contributed by atoms with E-state index in [9.17, 15) is 18.4 Å². The standard InChI is InChI=1S/C22H19F2N3O2/c23-17-7-6-14(9-18(17)24)27-15-10-20(22(27)29)26(12-15)21(28)8-5-13-11-25-19-4-2-1-3-16(13)19/h1-4,6-7,9,11,15,20,25H,5,8,10,12H2/t15-,20-/m0/s1. The minimum Gasteiger partial charge on any atom is -0.361 e. The molecule has 2 bridgehead atoms. The van der Waals surface area contributed by atoms with E-state index >= 15 is 0 Å². The van der Waals surface area contributed by atoms with Gasteiger partial charge in [-0.2, -0.15) is 0 Å². The highest BCUT2D eigenvalue weighted by molar-refractivity contribution is 6.03. The number of aromatic amines is 1. The fourth-order valence-electron chi connectivity index (χ4n) is 4.55. The predicted octanol–water partition coefficient (Wildman–Crippen LogP) is 3.40. The van der Waals surface area contributed by atoms with Gasteiger partial charge in [0.05, 0.1) is 6.04 Å². The van der Waals surface area contributed by atoms with Crippen molar-refractivity contribution in [3.8, 4) is 0 Å². The Hall–Kier alpha value is -3.22. The van der Waals surface area contributed by atoms with Crippen molar-refractivity contribution in [2.45, 2.75) is 31.3 Å². The van der Waals surface area contributed by atoms with E-state index < -0.39 is 17.7 Å². The Balaban J connectivity index is 1.27. The first-order valence-corrected chi connectivity index (χ1v) is 9.65. The lowest BCUT2D eigenvalue weighted by Gasteiger charge is -2.34. The molecule has 2 saturated heterocycles. The first-order valence-electron chi connectivity index (χ1n) is 9.65. The number of likely N-dealkylation sites (tertiary alicyclic amines) is 1. The molecule has 3 heterocycles. The van der Waals surface area contributed by atoms with Crippen LogP contribution in [-0.2, 0) is 16.0 Å². The molecule has 0 aliphatic carbocycles. The fraction of sp³-hybridized carbons (Fsp3) is 0.273. The third kappa shape index (κ3) is 2.88. The number of hydrogen-bond acceptors (Lipinski definition) is 2. The molecule has 2 amide bonds. The van der Waals surface area contributed by atoms with Gasteiger partial charge < -0.3 is 14.8 Å². The monoisotopic (exact) mass is 395 g/mol. The number of carbonyl (C=O) groups excluding carboxylic acids is 2. The summed E-state index contributed by atoms with van der Waals surface area (Å²) in [7, 11) is 0. The molecule has 2 aliphatic heterocycles. The number of H-pyrrole nitrogens is 1. The van der Waals surface area contributed by atoms with E-state index in [1.807, 2.05) is 30.5 Å². The van der Waals surface area contributed by atoms with Crippen LogP contribution in [0.3, 0.4) is 0 Å². The molecule has 0 spiro atoms. The number of para-hydroxylation sites is 1. The Morgan fingerprint density at radius 2 is 1.97 bits per heavy atom. The number of nitrogens with zero attached hydrogens (tertiary/aromatic N) is 2. The fourth-order valence-corrected chi connectivity index (χ4v) is 4.55. The van der Waals surface area contributed by atoms with Gasteiger partial charge in [-0.25, -0.2) is 8.78 Å². The summed E-state index contributed by atoms with van der Waals surface area (Å²) in [6, 6.07) is 10.7. The second-order valence-corrected chi connectivity index (χ2v) is 7.62. The van der Waals surface area contributed by atoms with Gasteiger partial charge in [-0.3, -0.25) is 9.59 Å². The average Bonchev–Trinajstić information content (AvgIpc) is 3.41. The minimum atomic E-state index is -0.982. The van der Waals surface area contributed by atoms with E-state index in [2.05, 4.69) is 4.98 Å². The average molecular weight is 395 g/mol. The quantitative estimate of drug-likeness (QED) is 0.736. The molecule has 1 N–H and O–H groups in total. The number of halogens is 2. The molecule has 29 heavy (non-hydrogen) atoms. The highest BCUT2D eigenvalue weighted by Crippen LogP contribution is 2.36. The number of rotatable bonds is 4. The molecule has 3 aromatic rings. The molecule has 0 saturated carbocycles. The van der Waals surface area contributed by atoms with Crippen LogP contribution in [0.15, 0.2) is 48.7 Å². The summed E-state index contributed by atoms with van der Waals surface area (Å²) >= 11 is 0. The number of piperazine rings is 1. The molecular formula is C22H19F2N3O2. The minimum absolute atomic E-state index is 0.0546. The molecule has 7 heteroatoms. The first kappa shape index (κ1) is 17.8. The summed E-state index contributed by atoms with van der Waals surface area (Å²) in [5, 5.41) is 1.10. The number of carbonyl (C=O) groups is 2. The second kappa shape index (κ2) is 6.69. The van der Waals surface area contributed by atoms with Gasteiger partial charge in [-0.05, 0) is 36.6 Å². The Labute approximate surface area is 165 Å². The van der Waals surface area contributed by atoms with Crippen molar-refractivity contribution in [2.24, 2.45) is 0 Å². The van der Waals surface area contributed by atoms with Crippen LogP contribution in [0.1, 0.15) is 18.4 Å². The molecule has 2 fully saturated rings. The number of amides is 2. The van der Waals surface area contributed by atoms with E-state index in [4.69, 9.17) is 0 Å². The predicted molar refractivity (Wildman–Crippen MR) is 104 cm³/mol. The zero-order chi connectivity index (χ0) is 20.1. The molecule has 148 valence electrons. The van der Waals surface area contributed by atoms with E-state index in [0.29, 0.717) is 31.5 Å².